The Bertz CT molecular complexity index is 802. The molecule has 8 heteroatoms. The van der Waals surface area contributed by atoms with Gasteiger partial charge in [-0.15, -0.1) is 16.8 Å². The quantitative estimate of drug-likeness (QED) is 0.581. The number of hydrogen-bond donors (Lipinski definition) is 1. The predicted octanol–water partition coefficient (Wildman–Crippen LogP) is 4.13. The summed E-state index contributed by atoms with van der Waals surface area (Å²) in [5, 5.41) is 11.6. The lowest BCUT2D eigenvalue weighted by Gasteiger charge is -2.12. The van der Waals surface area contributed by atoms with Crippen molar-refractivity contribution in [2.24, 2.45) is 0 Å². The van der Waals surface area contributed by atoms with E-state index in [0.717, 1.165) is 30.8 Å². The monoisotopic (exact) mass is 378 g/mol. The summed E-state index contributed by atoms with van der Waals surface area (Å²) < 4.78 is 28.5. The number of rotatable bonds is 7. The molecular formula is C18H20F2N4OS. The molecule has 1 aromatic heterocycles. The smallest absolute Gasteiger partial charge is 0.234 e. The molecule has 0 bridgehead atoms. The second-order valence-electron chi connectivity index (χ2n) is 6.18. The zero-order chi connectivity index (χ0) is 18.5. The van der Waals surface area contributed by atoms with Crippen molar-refractivity contribution in [3.8, 4) is 0 Å². The zero-order valence-corrected chi connectivity index (χ0v) is 15.1. The molecule has 0 radical (unpaired) electrons. The first-order valence-electron chi connectivity index (χ1n) is 8.50. The highest BCUT2D eigenvalue weighted by Gasteiger charge is 2.24. The Labute approximate surface area is 154 Å². The number of carbonyl (C=O) groups excluding carboxylic acids is 1. The first-order valence-corrected chi connectivity index (χ1v) is 9.48. The Morgan fingerprint density at radius 1 is 1.35 bits per heavy atom. The molecular weight excluding hydrogens is 358 g/mol. The van der Waals surface area contributed by atoms with Gasteiger partial charge >= 0.3 is 0 Å². The van der Waals surface area contributed by atoms with Crippen LogP contribution in [0.5, 0.6) is 0 Å². The maximum absolute atomic E-state index is 13.6. The van der Waals surface area contributed by atoms with Gasteiger partial charge < -0.3 is 9.88 Å². The Morgan fingerprint density at radius 3 is 2.81 bits per heavy atom. The fourth-order valence-electron chi connectivity index (χ4n) is 3.10. The molecule has 1 N–H and O–H groups in total. The summed E-state index contributed by atoms with van der Waals surface area (Å²) in [7, 11) is 0. The number of halogens is 2. The number of aromatic nitrogens is 3. The van der Waals surface area contributed by atoms with Crippen molar-refractivity contribution in [2.75, 3.05) is 11.1 Å². The van der Waals surface area contributed by atoms with E-state index in [9.17, 15) is 13.6 Å². The van der Waals surface area contributed by atoms with Crippen LogP contribution in [0.2, 0.25) is 0 Å². The van der Waals surface area contributed by atoms with Crippen LogP contribution in [0.15, 0.2) is 36.0 Å². The number of allylic oxidation sites excluding steroid dienone is 1. The van der Waals surface area contributed by atoms with Gasteiger partial charge in [-0.3, -0.25) is 4.79 Å². The zero-order valence-electron chi connectivity index (χ0n) is 14.3. The van der Waals surface area contributed by atoms with Gasteiger partial charge in [0.2, 0.25) is 5.91 Å². The predicted molar refractivity (Wildman–Crippen MR) is 97.1 cm³/mol. The molecule has 1 aromatic carbocycles. The van der Waals surface area contributed by atoms with Crippen LogP contribution >= 0.6 is 11.8 Å². The Morgan fingerprint density at radius 2 is 2.12 bits per heavy atom. The summed E-state index contributed by atoms with van der Waals surface area (Å²) in [6.45, 7) is 4.35. The minimum absolute atomic E-state index is 0.0452. The van der Waals surface area contributed by atoms with Gasteiger partial charge in [-0.2, -0.15) is 0 Å². The highest BCUT2D eigenvalue weighted by molar-refractivity contribution is 7.99. The van der Waals surface area contributed by atoms with Crippen molar-refractivity contribution in [3.63, 3.8) is 0 Å². The second-order valence-corrected chi connectivity index (χ2v) is 7.12. The SMILES string of the molecule is C=CCn1c(SCC(=O)Nc2ccc(F)cc2F)nnc1C1CCCC1. The van der Waals surface area contributed by atoms with Crippen LogP contribution in [-0.2, 0) is 11.3 Å². The molecule has 3 rings (SSSR count). The van der Waals surface area contributed by atoms with Gasteiger partial charge in [-0.25, -0.2) is 8.78 Å². The minimum atomic E-state index is -0.804. The number of nitrogens with one attached hydrogen (secondary N) is 1. The molecule has 0 aliphatic heterocycles. The second kappa shape index (κ2) is 8.44. The van der Waals surface area contributed by atoms with E-state index in [4.69, 9.17) is 0 Å². The van der Waals surface area contributed by atoms with E-state index in [1.165, 1.54) is 30.7 Å². The van der Waals surface area contributed by atoms with Crippen LogP contribution in [-0.4, -0.2) is 26.4 Å². The summed E-state index contributed by atoms with van der Waals surface area (Å²) in [6.07, 6.45) is 6.37. The van der Waals surface area contributed by atoms with E-state index in [2.05, 4.69) is 22.1 Å². The average Bonchev–Trinajstić information content (AvgIpc) is 3.26. The van der Waals surface area contributed by atoms with Crippen LogP contribution in [0, 0.1) is 11.6 Å². The number of carbonyl (C=O) groups is 1. The topological polar surface area (TPSA) is 59.8 Å². The first-order chi connectivity index (χ1) is 12.6. The van der Waals surface area contributed by atoms with Crippen LogP contribution in [0.1, 0.15) is 37.4 Å². The normalized spacial score (nSPS) is 14.5. The summed E-state index contributed by atoms with van der Waals surface area (Å²) in [5.74, 6) is -0.491. The molecule has 0 unspecified atom stereocenters. The highest BCUT2D eigenvalue weighted by Crippen LogP contribution is 2.34. The number of hydrogen-bond acceptors (Lipinski definition) is 4. The lowest BCUT2D eigenvalue weighted by molar-refractivity contribution is -0.113. The van der Waals surface area contributed by atoms with E-state index in [1.807, 2.05) is 4.57 Å². The number of nitrogens with zero attached hydrogens (tertiary/aromatic N) is 3. The number of thioether (sulfide) groups is 1. The Balaban J connectivity index is 1.65. The van der Waals surface area contributed by atoms with E-state index < -0.39 is 17.5 Å². The molecule has 0 saturated heterocycles. The number of anilines is 1. The van der Waals surface area contributed by atoms with Gasteiger partial charge in [0.15, 0.2) is 5.16 Å². The average molecular weight is 378 g/mol. The fourth-order valence-corrected chi connectivity index (χ4v) is 3.86. The summed E-state index contributed by atoms with van der Waals surface area (Å²) in [6, 6.07) is 3.03. The van der Waals surface area contributed by atoms with Crippen LogP contribution in [0.4, 0.5) is 14.5 Å². The van der Waals surface area contributed by atoms with Gasteiger partial charge in [0.05, 0.1) is 11.4 Å². The highest BCUT2D eigenvalue weighted by atomic mass is 32.2. The molecule has 1 fully saturated rings. The van der Waals surface area contributed by atoms with Crippen LogP contribution in [0.25, 0.3) is 0 Å². The molecule has 0 atom stereocenters. The molecule has 0 spiro atoms. The maximum atomic E-state index is 13.6. The minimum Gasteiger partial charge on any atom is -0.323 e. The van der Waals surface area contributed by atoms with Gasteiger partial charge in [0, 0.05) is 18.5 Å². The first kappa shape index (κ1) is 18.6. The molecule has 1 aliphatic rings. The fraction of sp³-hybridized carbons (Fsp3) is 0.389. The maximum Gasteiger partial charge on any atom is 0.234 e. The third-order valence-corrected chi connectivity index (χ3v) is 5.28. The molecule has 5 nitrogen and oxygen atoms in total. The van der Waals surface area contributed by atoms with Crippen molar-refractivity contribution >= 4 is 23.4 Å². The third-order valence-electron chi connectivity index (χ3n) is 4.32. The third kappa shape index (κ3) is 4.30. The van der Waals surface area contributed by atoms with Gasteiger partial charge in [0.1, 0.15) is 17.5 Å². The summed E-state index contributed by atoms with van der Waals surface area (Å²) in [5.41, 5.74) is -0.0452. The Kier molecular flexibility index (Phi) is 6.03. The van der Waals surface area contributed by atoms with E-state index in [-0.39, 0.29) is 11.4 Å². The molecule has 1 heterocycles. The lowest BCUT2D eigenvalue weighted by atomic mass is 10.1. The molecule has 26 heavy (non-hydrogen) atoms. The molecule has 2 aromatic rings. The largest absolute Gasteiger partial charge is 0.323 e. The van der Waals surface area contributed by atoms with Crippen molar-refractivity contribution in [1.82, 2.24) is 14.8 Å². The molecule has 1 saturated carbocycles. The molecule has 1 amide bonds. The van der Waals surface area contributed by atoms with Crippen LogP contribution in [0.3, 0.4) is 0 Å². The van der Waals surface area contributed by atoms with Gasteiger partial charge in [-0.05, 0) is 25.0 Å². The number of benzene rings is 1. The van der Waals surface area contributed by atoms with E-state index in [0.29, 0.717) is 17.6 Å². The van der Waals surface area contributed by atoms with Gasteiger partial charge in [0.25, 0.3) is 0 Å². The summed E-state index contributed by atoms with van der Waals surface area (Å²) >= 11 is 1.24. The van der Waals surface area contributed by atoms with Gasteiger partial charge in [-0.1, -0.05) is 30.7 Å². The number of amides is 1. The standard InChI is InChI=1S/C18H20F2N4OS/c1-2-9-24-17(12-5-3-4-6-12)22-23-18(24)26-11-16(25)21-15-8-7-13(19)10-14(15)20/h2,7-8,10,12H,1,3-6,9,11H2,(H,21,25). The van der Waals surface area contributed by atoms with Crippen molar-refractivity contribution in [2.45, 2.75) is 43.3 Å². The van der Waals surface area contributed by atoms with Crippen LogP contribution < -0.4 is 5.32 Å². The molecule has 138 valence electrons. The molecule has 1 aliphatic carbocycles. The van der Waals surface area contributed by atoms with Crippen molar-refractivity contribution in [1.29, 1.82) is 0 Å². The Hall–Kier alpha value is -2.22. The summed E-state index contributed by atoms with van der Waals surface area (Å²) in [4.78, 5) is 12.1. The lowest BCUT2D eigenvalue weighted by Crippen LogP contribution is -2.16. The van der Waals surface area contributed by atoms with Crippen molar-refractivity contribution < 1.29 is 13.6 Å². The van der Waals surface area contributed by atoms with E-state index in [1.54, 1.807) is 6.08 Å². The van der Waals surface area contributed by atoms with Crippen molar-refractivity contribution in [3.05, 3.63) is 48.3 Å². The van der Waals surface area contributed by atoms with E-state index >= 15 is 0 Å².